The lowest BCUT2D eigenvalue weighted by Crippen LogP contribution is -2.19. The van der Waals surface area contributed by atoms with Gasteiger partial charge in [0.15, 0.2) is 0 Å². The zero-order valence-electron chi connectivity index (χ0n) is 8.37. The lowest BCUT2D eigenvalue weighted by molar-refractivity contribution is 0.540. The third-order valence-electron chi connectivity index (χ3n) is 2.07. The van der Waals surface area contributed by atoms with Crippen molar-refractivity contribution in [2.45, 2.75) is 13.1 Å². The molecule has 78 valence electrons. The zero-order chi connectivity index (χ0) is 10.3. The molecule has 2 aromatic rings. The van der Waals surface area contributed by atoms with Gasteiger partial charge in [0.1, 0.15) is 0 Å². The number of pyridine rings is 1. The van der Waals surface area contributed by atoms with E-state index in [9.17, 15) is 0 Å². The Balaban J connectivity index is 1.68. The van der Waals surface area contributed by atoms with Crippen molar-refractivity contribution in [2.24, 2.45) is 0 Å². The summed E-state index contributed by atoms with van der Waals surface area (Å²) in [5.74, 6) is 0. The number of aromatic nitrogens is 4. The SMILES string of the molecule is c1cc(CNCCn2ccnn2)ccn1. The standard InChI is InChI=1S/C10H13N5/c1-3-11-4-2-10(1)9-12-5-7-15-8-6-13-14-15/h1-4,6,8,12H,5,7,9H2. The van der Waals surface area contributed by atoms with Crippen molar-refractivity contribution in [3.63, 3.8) is 0 Å². The number of nitrogens with zero attached hydrogens (tertiary/aromatic N) is 4. The smallest absolute Gasteiger partial charge is 0.0692 e. The van der Waals surface area contributed by atoms with E-state index in [1.165, 1.54) is 5.56 Å². The van der Waals surface area contributed by atoms with Crippen molar-refractivity contribution in [1.82, 2.24) is 25.3 Å². The molecule has 0 spiro atoms. The van der Waals surface area contributed by atoms with Gasteiger partial charge in [-0.3, -0.25) is 9.67 Å². The van der Waals surface area contributed by atoms with E-state index in [0.29, 0.717) is 0 Å². The molecule has 1 N–H and O–H groups in total. The summed E-state index contributed by atoms with van der Waals surface area (Å²) < 4.78 is 1.81. The Morgan fingerprint density at radius 1 is 1.20 bits per heavy atom. The van der Waals surface area contributed by atoms with E-state index in [1.807, 2.05) is 18.3 Å². The second kappa shape index (κ2) is 5.21. The Morgan fingerprint density at radius 2 is 2.07 bits per heavy atom. The van der Waals surface area contributed by atoms with Crippen LogP contribution in [0.15, 0.2) is 36.9 Å². The number of hydrogen-bond donors (Lipinski definition) is 1. The lowest BCUT2D eigenvalue weighted by Gasteiger charge is -2.03. The van der Waals surface area contributed by atoms with E-state index in [4.69, 9.17) is 0 Å². The summed E-state index contributed by atoms with van der Waals surface area (Å²) in [6.07, 6.45) is 7.14. The molecule has 0 saturated heterocycles. The zero-order valence-corrected chi connectivity index (χ0v) is 8.37. The second-order valence-electron chi connectivity index (χ2n) is 3.20. The van der Waals surface area contributed by atoms with Gasteiger partial charge in [-0.25, -0.2) is 0 Å². The van der Waals surface area contributed by atoms with Gasteiger partial charge >= 0.3 is 0 Å². The van der Waals surface area contributed by atoms with Gasteiger partial charge in [-0.1, -0.05) is 5.21 Å². The largest absolute Gasteiger partial charge is 0.311 e. The summed E-state index contributed by atoms with van der Waals surface area (Å²) in [5.41, 5.74) is 1.24. The molecule has 0 unspecified atom stereocenters. The molecule has 0 saturated carbocycles. The van der Waals surface area contributed by atoms with E-state index >= 15 is 0 Å². The average molecular weight is 203 g/mol. The van der Waals surface area contributed by atoms with Crippen molar-refractivity contribution < 1.29 is 0 Å². The highest BCUT2D eigenvalue weighted by Crippen LogP contribution is 1.94. The van der Waals surface area contributed by atoms with Gasteiger partial charge in [0.2, 0.25) is 0 Å². The van der Waals surface area contributed by atoms with Crippen LogP contribution in [-0.4, -0.2) is 26.5 Å². The Morgan fingerprint density at radius 3 is 2.80 bits per heavy atom. The van der Waals surface area contributed by atoms with Crippen LogP contribution in [0.3, 0.4) is 0 Å². The third kappa shape index (κ3) is 3.14. The summed E-state index contributed by atoms with van der Waals surface area (Å²) in [7, 11) is 0. The van der Waals surface area contributed by atoms with Crippen LogP contribution in [-0.2, 0) is 13.1 Å². The highest BCUT2D eigenvalue weighted by Gasteiger charge is 1.92. The van der Waals surface area contributed by atoms with E-state index in [0.717, 1.165) is 19.6 Å². The van der Waals surface area contributed by atoms with Crippen LogP contribution in [0.5, 0.6) is 0 Å². The first-order chi connectivity index (χ1) is 7.45. The predicted octanol–water partition coefficient (Wildman–Crippen LogP) is 0.463. The Bertz CT molecular complexity index is 370. The highest BCUT2D eigenvalue weighted by atomic mass is 15.4. The summed E-state index contributed by atoms with van der Waals surface area (Å²) in [4.78, 5) is 3.96. The molecule has 15 heavy (non-hydrogen) atoms. The van der Waals surface area contributed by atoms with Crippen LogP contribution < -0.4 is 5.32 Å². The molecule has 2 aromatic heterocycles. The van der Waals surface area contributed by atoms with E-state index in [-0.39, 0.29) is 0 Å². The van der Waals surface area contributed by atoms with Crippen LogP contribution in [0.4, 0.5) is 0 Å². The van der Waals surface area contributed by atoms with Crippen molar-refractivity contribution in [3.05, 3.63) is 42.5 Å². The molecular weight excluding hydrogens is 190 g/mol. The van der Waals surface area contributed by atoms with Crippen molar-refractivity contribution in [1.29, 1.82) is 0 Å². The normalized spacial score (nSPS) is 10.4. The Labute approximate surface area is 88.1 Å². The number of nitrogens with one attached hydrogen (secondary N) is 1. The minimum absolute atomic E-state index is 0.838. The van der Waals surface area contributed by atoms with Crippen molar-refractivity contribution in [2.75, 3.05) is 6.54 Å². The monoisotopic (exact) mass is 203 g/mol. The first kappa shape index (κ1) is 9.79. The fraction of sp³-hybridized carbons (Fsp3) is 0.300. The van der Waals surface area contributed by atoms with Gasteiger partial charge < -0.3 is 5.32 Å². The van der Waals surface area contributed by atoms with E-state index in [1.54, 1.807) is 23.3 Å². The van der Waals surface area contributed by atoms with E-state index in [2.05, 4.69) is 20.6 Å². The van der Waals surface area contributed by atoms with Gasteiger partial charge in [0.05, 0.1) is 12.7 Å². The first-order valence-electron chi connectivity index (χ1n) is 4.89. The lowest BCUT2D eigenvalue weighted by atomic mass is 10.3. The average Bonchev–Trinajstić information content (AvgIpc) is 2.79. The Kier molecular flexibility index (Phi) is 3.40. The van der Waals surface area contributed by atoms with Crippen LogP contribution in [0.25, 0.3) is 0 Å². The van der Waals surface area contributed by atoms with Gasteiger partial charge in [-0.05, 0) is 17.7 Å². The van der Waals surface area contributed by atoms with Crippen LogP contribution in [0, 0.1) is 0 Å². The third-order valence-corrected chi connectivity index (χ3v) is 2.07. The molecule has 0 bridgehead atoms. The van der Waals surface area contributed by atoms with Gasteiger partial charge in [-0.15, -0.1) is 5.10 Å². The quantitative estimate of drug-likeness (QED) is 0.717. The molecule has 0 aromatic carbocycles. The molecule has 0 fully saturated rings. The molecular formula is C10H13N5. The van der Waals surface area contributed by atoms with Gasteiger partial charge in [-0.2, -0.15) is 0 Å². The maximum absolute atomic E-state index is 3.96. The summed E-state index contributed by atoms with van der Waals surface area (Å²) in [6, 6.07) is 4.00. The maximum Gasteiger partial charge on any atom is 0.0692 e. The predicted molar refractivity (Wildman–Crippen MR) is 56.0 cm³/mol. The van der Waals surface area contributed by atoms with Crippen molar-refractivity contribution in [3.8, 4) is 0 Å². The van der Waals surface area contributed by atoms with Crippen LogP contribution in [0.2, 0.25) is 0 Å². The number of hydrogen-bond acceptors (Lipinski definition) is 4. The molecule has 0 radical (unpaired) electrons. The molecule has 0 aliphatic rings. The molecule has 0 aliphatic heterocycles. The van der Waals surface area contributed by atoms with Crippen molar-refractivity contribution >= 4 is 0 Å². The number of rotatable bonds is 5. The summed E-state index contributed by atoms with van der Waals surface area (Å²) >= 11 is 0. The molecule has 5 nitrogen and oxygen atoms in total. The fourth-order valence-corrected chi connectivity index (χ4v) is 1.28. The fourth-order valence-electron chi connectivity index (χ4n) is 1.28. The second-order valence-corrected chi connectivity index (χ2v) is 3.20. The summed E-state index contributed by atoms with van der Waals surface area (Å²) in [6.45, 7) is 2.58. The molecule has 5 heteroatoms. The molecule has 0 amide bonds. The minimum atomic E-state index is 0.838. The maximum atomic E-state index is 3.96. The highest BCUT2D eigenvalue weighted by molar-refractivity contribution is 5.08. The molecule has 0 atom stereocenters. The van der Waals surface area contributed by atoms with Gasteiger partial charge in [0, 0.05) is 31.7 Å². The van der Waals surface area contributed by atoms with E-state index < -0.39 is 0 Å². The molecule has 0 aliphatic carbocycles. The Hall–Kier alpha value is -1.75. The summed E-state index contributed by atoms with van der Waals surface area (Å²) in [5, 5.41) is 10.9. The first-order valence-corrected chi connectivity index (χ1v) is 4.89. The van der Waals surface area contributed by atoms with Crippen LogP contribution in [0.1, 0.15) is 5.56 Å². The molecule has 2 heterocycles. The van der Waals surface area contributed by atoms with Crippen LogP contribution >= 0.6 is 0 Å². The minimum Gasteiger partial charge on any atom is -0.311 e. The van der Waals surface area contributed by atoms with Gasteiger partial charge in [0.25, 0.3) is 0 Å². The molecule has 2 rings (SSSR count). The topological polar surface area (TPSA) is 55.6 Å².